The van der Waals surface area contributed by atoms with Crippen molar-refractivity contribution < 1.29 is 63.6 Å². The number of carboxylic acids is 1. The number of phenolic OH excluding ortho intramolecular Hbond substituents is 1. The number of phenols is 1. The van der Waals surface area contributed by atoms with Crippen LogP contribution in [0, 0.1) is 0 Å². The monoisotopic (exact) mass is 1120 g/mol. The van der Waals surface area contributed by atoms with E-state index in [0.717, 1.165) is 45.0 Å². The quantitative estimate of drug-likeness (QED) is 0.0591. The third-order valence-electron chi connectivity index (χ3n) is 12.2. The van der Waals surface area contributed by atoms with Crippen LogP contribution in [-0.2, 0) is 62.4 Å². The van der Waals surface area contributed by atoms with E-state index in [1.165, 1.54) is 52.0 Å². The number of H-pyrrole nitrogens is 1. The maximum absolute atomic E-state index is 14.8. The van der Waals surface area contributed by atoms with Crippen LogP contribution < -0.4 is 54.4 Å². The number of amides is 8. The fraction of sp³-hybridized carbons (Fsp3) is 0.442. The number of nitrogens with two attached hydrogens (primary N) is 3. The molecule has 0 saturated carbocycles. The molecule has 424 valence electrons. The summed E-state index contributed by atoms with van der Waals surface area (Å²) >= 11 is 0. The number of aromatic amines is 1. The average molecular weight is 1120 g/mol. The van der Waals surface area contributed by atoms with Gasteiger partial charge < -0.3 is 79.8 Å². The Morgan fingerprint density at radius 2 is 1.35 bits per heavy atom. The van der Waals surface area contributed by atoms with E-state index in [1.807, 2.05) is 18.2 Å². The third-order valence-corrected chi connectivity index (χ3v) is 15.5. The lowest BCUT2D eigenvalue weighted by molar-refractivity contribution is -0.137. The standard InChI is InChI=1S/C50H67N11O11S2.C2H4O2/c1-26(62)39(42(53)65)59-49(72)41-50(3,4)74-73-25-38(58-43(66)33(52)21-28-11-6-5-7-12-28)47(70)56-36(22-29-16-18-31(64)19-17-29)45(68)57-37(23-30-24-54-34-14-9-8-13-32(30)34)46(69)55-35(15-10-20-51)44(67)60-40(27(2)63)48(71)61-41;1-2(3)4/h5-9,11-14,16-19,24,26-27,33,35-41,54,62-64H,10,15,20-23,25,51-52H2,1-4H3,(H2,53,65)(H,55,69)(H,56,70)(H,57,68)(H,58,66)(H,59,72)(H,60,67)(H,61,71);1H3,(H,3,4)/t26-,27-,33-,35+,36+,37-,38+,39+,40+,41-;/m1./s1. The first-order valence-corrected chi connectivity index (χ1v) is 27.2. The molecule has 0 bridgehead atoms. The van der Waals surface area contributed by atoms with Gasteiger partial charge in [-0.15, -0.1) is 0 Å². The predicted molar refractivity (Wildman–Crippen MR) is 294 cm³/mol. The minimum Gasteiger partial charge on any atom is -0.508 e. The van der Waals surface area contributed by atoms with Gasteiger partial charge in [0.25, 0.3) is 5.97 Å². The Kier molecular flexibility index (Phi) is 24.4. The molecule has 0 aliphatic carbocycles. The van der Waals surface area contributed by atoms with Gasteiger partial charge in [0.15, 0.2) is 0 Å². The third kappa shape index (κ3) is 19.3. The fourth-order valence-electron chi connectivity index (χ4n) is 8.05. The molecule has 26 heteroatoms. The van der Waals surface area contributed by atoms with E-state index >= 15 is 0 Å². The van der Waals surface area contributed by atoms with Crippen molar-refractivity contribution >= 4 is 85.7 Å². The van der Waals surface area contributed by atoms with Gasteiger partial charge in [0.1, 0.15) is 48.0 Å². The van der Waals surface area contributed by atoms with Gasteiger partial charge >= 0.3 is 0 Å². The summed E-state index contributed by atoms with van der Waals surface area (Å²) < 4.78 is -1.42. The van der Waals surface area contributed by atoms with Crippen LogP contribution in [0.15, 0.2) is 85.1 Å². The van der Waals surface area contributed by atoms with E-state index in [1.54, 1.807) is 42.6 Å². The number of aliphatic hydroxyl groups excluding tert-OH is 2. The number of primary amides is 1. The van der Waals surface area contributed by atoms with E-state index in [-0.39, 0.29) is 50.2 Å². The molecule has 24 nitrogen and oxygen atoms in total. The number of rotatable bonds is 16. The molecule has 4 aromatic rings. The van der Waals surface area contributed by atoms with E-state index in [9.17, 15) is 53.7 Å². The van der Waals surface area contributed by atoms with Crippen LogP contribution in [-0.4, -0.2) is 156 Å². The lowest BCUT2D eigenvalue weighted by Gasteiger charge is -2.36. The molecule has 78 heavy (non-hydrogen) atoms. The van der Waals surface area contributed by atoms with Crippen LogP contribution in [0.4, 0.5) is 0 Å². The maximum atomic E-state index is 14.8. The van der Waals surface area contributed by atoms with Gasteiger partial charge in [0.2, 0.25) is 47.3 Å². The average Bonchev–Trinajstić information content (AvgIpc) is 3.81. The van der Waals surface area contributed by atoms with Gasteiger partial charge in [-0.05, 0) is 88.4 Å². The second kappa shape index (κ2) is 30.1. The van der Waals surface area contributed by atoms with Gasteiger partial charge in [0.05, 0.1) is 18.2 Å². The Bertz CT molecular complexity index is 2710. The Morgan fingerprint density at radius 1 is 0.769 bits per heavy atom. The molecule has 1 saturated heterocycles. The highest BCUT2D eigenvalue weighted by molar-refractivity contribution is 8.77. The number of fused-ring (bicyclic) bond motifs is 1. The molecule has 1 aliphatic rings. The van der Waals surface area contributed by atoms with Crippen molar-refractivity contribution in [2.24, 2.45) is 17.2 Å². The topological polar surface area (TPSA) is 413 Å². The Labute approximate surface area is 458 Å². The molecule has 2 heterocycles. The zero-order chi connectivity index (χ0) is 57.9. The number of hydrogen-bond acceptors (Lipinski definition) is 16. The highest BCUT2D eigenvalue weighted by Gasteiger charge is 2.43. The van der Waals surface area contributed by atoms with Crippen molar-refractivity contribution in [2.45, 2.75) is 132 Å². The smallest absolute Gasteiger partial charge is 0.300 e. The highest BCUT2D eigenvalue weighted by Crippen LogP contribution is 2.39. The largest absolute Gasteiger partial charge is 0.508 e. The molecular formula is C52H71N11O13S2. The number of carbonyl (C=O) groups excluding carboxylic acids is 8. The molecule has 10 atom stereocenters. The van der Waals surface area contributed by atoms with Crippen molar-refractivity contribution in [3.05, 3.63) is 102 Å². The van der Waals surface area contributed by atoms with Crippen molar-refractivity contribution in [1.82, 2.24) is 42.2 Å². The highest BCUT2D eigenvalue weighted by atomic mass is 33.1. The van der Waals surface area contributed by atoms with Gasteiger partial charge in [-0.25, -0.2) is 0 Å². The molecule has 8 amide bonds. The molecule has 1 aromatic heterocycles. The summed E-state index contributed by atoms with van der Waals surface area (Å²) in [6, 6.07) is 10.1. The molecule has 1 fully saturated rings. The number of carbonyl (C=O) groups is 9. The maximum Gasteiger partial charge on any atom is 0.300 e. The van der Waals surface area contributed by atoms with Crippen LogP contribution >= 0.6 is 21.6 Å². The second-order valence-electron chi connectivity index (χ2n) is 19.2. The number of aromatic hydroxyl groups is 1. The number of carboxylic acid groups (broad SMARTS) is 1. The number of nitrogens with one attached hydrogen (secondary N) is 8. The molecule has 5 rings (SSSR count). The Hall–Kier alpha value is -7.23. The predicted octanol–water partition coefficient (Wildman–Crippen LogP) is -1.13. The van der Waals surface area contributed by atoms with Crippen LogP contribution in [0.1, 0.15) is 64.2 Å². The van der Waals surface area contributed by atoms with E-state index in [0.29, 0.717) is 11.1 Å². The molecule has 0 spiro atoms. The van der Waals surface area contributed by atoms with Crippen LogP contribution in [0.3, 0.4) is 0 Å². The lowest BCUT2D eigenvalue weighted by atomic mass is 9.99. The fourth-order valence-corrected chi connectivity index (χ4v) is 10.9. The number of aliphatic hydroxyl groups is 2. The van der Waals surface area contributed by atoms with Crippen molar-refractivity contribution in [3.8, 4) is 5.75 Å². The van der Waals surface area contributed by atoms with Crippen molar-refractivity contribution in [2.75, 3.05) is 12.3 Å². The minimum atomic E-state index is -1.76. The minimum absolute atomic E-state index is 0.0658. The van der Waals surface area contributed by atoms with Crippen LogP contribution in [0.5, 0.6) is 5.75 Å². The summed E-state index contributed by atoms with van der Waals surface area (Å²) in [6.07, 6.45) is -1.53. The number of para-hydroxylation sites is 1. The molecule has 3 aromatic carbocycles. The van der Waals surface area contributed by atoms with Gasteiger partial charge in [-0.3, -0.25) is 43.2 Å². The first-order chi connectivity index (χ1) is 36.8. The summed E-state index contributed by atoms with van der Waals surface area (Å²) in [7, 11) is 1.94. The molecule has 18 N–H and O–H groups in total. The lowest BCUT2D eigenvalue weighted by Crippen LogP contribution is -2.65. The van der Waals surface area contributed by atoms with Gasteiger partial charge in [0, 0.05) is 47.4 Å². The summed E-state index contributed by atoms with van der Waals surface area (Å²) in [4.78, 5) is 125. The number of hydrogen-bond donors (Lipinski definition) is 15. The zero-order valence-electron chi connectivity index (χ0n) is 43.8. The van der Waals surface area contributed by atoms with Crippen molar-refractivity contribution in [1.29, 1.82) is 0 Å². The van der Waals surface area contributed by atoms with Crippen LogP contribution in [0.25, 0.3) is 10.9 Å². The molecule has 0 unspecified atom stereocenters. The van der Waals surface area contributed by atoms with E-state index in [4.69, 9.17) is 27.1 Å². The number of aromatic nitrogens is 1. The normalized spacial score (nSPS) is 22.2. The SMILES string of the molecule is CC(=O)O.C[C@@H](O)[C@H](NC(=O)[C@H]1NC(=O)[C@H]([C@@H](C)O)NC(=O)[C@H](CCCN)NC(=O)[C@@H](Cc2c[nH]c3ccccc23)NC(=O)[C@H](Cc2ccc(O)cc2)NC(=O)[C@@H](NC(=O)[C@H](N)Cc2ccccc2)CSSC1(C)C)C(N)=O. The number of aliphatic carboxylic acids is 1. The second-order valence-corrected chi connectivity index (χ2v) is 22.2. The van der Waals surface area contributed by atoms with Crippen LogP contribution in [0.2, 0.25) is 0 Å². The molecular weight excluding hydrogens is 1050 g/mol. The summed E-state index contributed by atoms with van der Waals surface area (Å²) in [5, 5.41) is 58.0. The van der Waals surface area contributed by atoms with E-state index in [2.05, 4.69) is 42.2 Å². The Balaban J connectivity index is 0.00000317. The van der Waals surface area contributed by atoms with Gasteiger partial charge in [-0.1, -0.05) is 82.3 Å². The molecule has 1 aliphatic heterocycles. The first kappa shape index (κ1) is 63.3. The Morgan fingerprint density at radius 3 is 1.95 bits per heavy atom. The van der Waals surface area contributed by atoms with E-state index < -0.39 is 119 Å². The van der Waals surface area contributed by atoms with Gasteiger partial charge in [-0.2, -0.15) is 0 Å². The summed E-state index contributed by atoms with van der Waals surface area (Å²) in [5.74, 6) is -8.53. The molecule has 0 radical (unpaired) electrons. The van der Waals surface area contributed by atoms with Crippen molar-refractivity contribution in [3.63, 3.8) is 0 Å². The summed E-state index contributed by atoms with van der Waals surface area (Å²) in [6.45, 7) is 6.65. The summed E-state index contributed by atoms with van der Waals surface area (Å²) in [5.41, 5.74) is 20.3. The first-order valence-electron chi connectivity index (χ1n) is 24.9. The number of benzene rings is 3. The zero-order valence-corrected chi connectivity index (χ0v) is 45.5.